The quantitative estimate of drug-likeness (QED) is 0.259. The number of hydrogen-bond acceptors (Lipinski definition) is 6. The van der Waals surface area contributed by atoms with Crippen molar-refractivity contribution in [1.29, 1.82) is 0 Å². The molecule has 0 aliphatic heterocycles. The third-order valence-corrected chi connectivity index (χ3v) is 8.56. The van der Waals surface area contributed by atoms with Gasteiger partial charge in [-0.3, -0.25) is 4.72 Å². The molecule has 0 unspecified atom stereocenters. The first kappa shape index (κ1) is 26.4. The van der Waals surface area contributed by atoms with Gasteiger partial charge in [0.2, 0.25) is 0 Å². The number of nitrogen functional groups attached to an aromatic ring is 1. The fourth-order valence-corrected chi connectivity index (χ4v) is 6.81. The Morgan fingerprint density at radius 1 is 1.05 bits per heavy atom. The van der Waals surface area contributed by atoms with Crippen molar-refractivity contribution in [3.05, 3.63) is 58.1 Å². The molecule has 8 nitrogen and oxygen atoms in total. The Labute approximate surface area is 223 Å². The second-order valence-electron chi connectivity index (χ2n) is 8.76. The van der Waals surface area contributed by atoms with Crippen LogP contribution in [0.4, 0.5) is 29.1 Å². The molecule has 200 valence electrons. The maximum Gasteiger partial charge on any atom is 0.416 e. The number of rotatable bonds is 5. The highest BCUT2D eigenvalue weighted by Gasteiger charge is 2.34. The van der Waals surface area contributed by atoms with Gasteiger partial charge in [0.15, 0.2) is 5.65 Å². The highest BCUT2D eigenvalue weighted by Crippen LogP contribution is 2.40. The highest BCUT2D eigenvalue weighted by molar-refractivity contribution is 7.93. The zero-order valence-corrected chi connectivity index (χ0v) is 21.6. The second kappa shape index (κ2) is 9.54. The molecule has 0 amide bonds. The number of nitrogens with two attached hydrogens (primary N) is 1. The molecule has 0 atom stereocenters. The van der Waals surface area contributed by atoms with Crippen molar-refractivity contribution < 1.29 is 26.0 Å². The summed E-state index contributed by atoms with van der Waals surface area (Å²) in [4.78, 5) is 7.53. The van der Waals surface area contributed by atoms with Crippen molar-refractivity contribution >= 4 is 55.8 Å². The number of benzene rings is 2. The average molecular weight is 589 g/mol. The molecule has 4 aromatic rings. The molecule has 5 rings (SSSR count). The number of fused-ring (bicyclic) bond motifs is 1. The van der Waals surface area contributed by atoms with Crippen LogP contribution in [0.2, 0.25) is 10.0 Å². The lowest BCUT2D eigenvalue weighted by Crippen LogP contribution is -2.16. The summed E-state index contributed by atoms with van der Waals surface area (Å²) >= 11 is 11.7. The summed E-state index contributed by atoms with van der Waals surface area (Å²) in [6.45, 7) is 0. The van der Waals surface area contributed by atoms with Gasteiger partial charge in [0.05, 0.1) is 32.7 Å². The molecule has 2 heterocycles. The fraction of sp³-hybridized carbons (Fsp3) is 0.261. The largest absolute Gasteiger partial charge is 0.416 e. The molecule has 0 saturated heterocycles. The summed E-state index contributed by atoms with van der Waals surface area (Å²) in [5, 5.41) is 3.55. The Kier molecular flexibility index (Phi) is 6.64. The van der Waals surface area contributed by atoms with Crippen LogP contribution in [0.3, 0.4) is 0 Å². The molecule has 1 saturated carbocycles. The van der Waals surface area contributed by atoms with Crippen LogP contribution in [0.25, 0.3) is 22.3 Å². The van der Waals surface area contributed by atoms with E-state index in [1.807, 2.05) is 4.72 Å². The van der Waals surface area contributed by atoms with E-state index in [1.165, 1.54) is 12.4 Å². The number of hydrogen-bond donors (Lipinski definition) is 2. The number of nitrogens with one attached hydrogen (secondary N) is 1. The standard InChI is InChI=1S/C23H18Cl2F4N6O2S/c24-14-8-12(23(27,28)29)9-15(25)20(14)38(36,37)34-17-6-5-11(7-16(17)26)19-18-21(30)31-10-32-22(18)35(33-19)13-3-1-2-4-13/h5-10,13,34H,1-4H2,(H2,30,31,32). The second-order valence-corrected chi connectivity index (χ2v) is 11.2. The van der Waals surface area contributed by atoms with Crippen LogP contribution in [0.5, 0.6) is 0 Å². The molecule has 0 radical (unpaired) electrons. The maximum absolute atomic E-state index is 15.2. The minimum atomic E-state index is -4.80. The van der Waals surface area contributed by atoms with Gasteiger partial charge in [-0.25, -0.2) is 27.5 Å². The van der Waals surface area contributed by atoms with Gasteiger partial charge in [0, 0.05) is 5.56 Å². The van der Waals surface area contributed by atoms with Crippen LogP contribution < -0.4 is 10.5 Å². The Bertz CT molecular complexity index is 1650. The van der Waals surface area contributed by atoms with Crippen molar-refractivity contribution in [3.8, 4) is 11.3 Å². The van der Waals surface area contributed by atoms with Crippen molar-refractivity contribution in [2.24, 2.45) is 0 Å². The van der Waals surface area contributed by atoms with Crippen LogP contribution >= 0.6 is 23.2 Å². The smallest absolute Gasteiger partial charge is 0.383 e. The normalized spacial score (nSPS) is 14.9. The summed E-state index contributed by atoms with van der Waals surface area (Å²) < 4.78 is 83.8. The van der Waals surface area contributed by atoms with E-state index in [0.717, 1.165) is 37.8 Å². The van der Waals surface area contributed by atoms with Gasteiger partial charge in [-0.1, -0.05) is 42.1 Å². The number of anilines is 2. The zero-order valence-electron chi connectivity index (χ0n) is 19.2. The summed E-state index contributed by atoms with van der Waals surface area (Å²) in [5.41, 5.74) is 5.52. The van der Waals surface area contributed by atoms with Crippen molar-refractivity contribution in [2.75, 3.05) is 10.5 Å². The van der Waals surface area contributed by atoms with E-state index >= 15 is 4.39 Å². The monoisotopic (exact) mass is 588 g/mol. The van der Waals surface area contributed by atoms with E-state index < -0.39 is 48.2 Å². The Balaban J connectivity index is 1.52. The van der Waals surface area contributed by atoms with Gasteiger partial charge in [0.25, 0.3) is 10.0 Å². The Morgan fingerprint density at radius 2 is 1.71 bits per heavy atom. The van der Waals surface area contributed by atoms with Crippen molar-refractivity contribution in [3.63, 3.8) is 0 Å². The zero-order chi connectivity index (χ0) is 27.4. The summed E-state index contributed by atoms with van der Waals surface area (Å²) in [5.74, 6) is -0.824. The lowest BCUT2D eigenvalue weighted by atomic mass is 10.1. The molecule has 38 heavy (non-hydrogen) atoms. The van der Waals surface area contributed by atoms with E-state index in [1.54, 1.807) is 4.68 Å². The minimum Gasteiger partial charge on any atom is -0.383 e. The van der Waals surface area contributed by atoms with E-state index in [9.17, 15) is 21.6 Å². The molecule has 1 fully saturated rings. The molecule has 3 N–H and O–H groups in total. The number of nitrogens with zero attached hydrogens (tertiary/aromatic N) is 4. The lowest BCUT2D eigenvalue weighted by molar-refractivity contribution is -0.137. The van der Waals surface area contributed by atoms with E-state index in [2.05, 4.69) is 15.1 Å². The predicted molar refractivity (Wildman–Crippen MR) is 135 cm³/mol. The third-order valence-electron chi connectivity index (χ3n) is 6.27. The van der Waals surface area contributed by atoms with E-state index in [0.29, 0.717) is 34.4 Å². The van der Waals surface area contributed by atoms with Crippen LogP contribution in [0.15, 0.2) is 41.6 Å². The number of alkyl halides is 3. The topological polar surface area (TPSA) is 116 Å². The molecular weight excluding hydrogens is 571 g/mol. The summed E-state index contributed by atoms with van der Waals surface area (Å²) in [6.07, 6.45) is 0.421. The number of sulfonamides is 1. The first-order chi connectivity index (χ1) is 17.9. The van der Waals surface area contributed by atoms with Crippen molar-refractivity contribution in [2.45, 2.75) is 42.8 Å². The van der Waals surface area contributed by atoms with Crippen LogP contribution in [0, 0.1) is 5.82 Å². The van der Waals surface area contributed by atoms with Gasteiger partial charge < -0.3 is 5.73 Å². The molecule has 15 heteroatoms. The highest BCUT2D eigenvalue weighted by atomic mass is 35.5. The summed E-state index contributed by atoms with van der Waals surface area (Å²) in [7, 11) is -4.67. The van der Waals surface area contributed by atoms with Gasteiger partial charge in [0.1, 0.15) is 28.6 Å². The molecule has 1 aliphatic carbocycles. The van der Waals surface area contributed by atoms with E-state index in [-0.39, 0.29) is 11.9 Å². The van der Waals surface area contributed by atoms with Gasteiger partial charge >= 0.3 is 6.18 Å². The van der Waals surface area contributed by atoms with Gasteiger partial charge in [-0.15, -0.1) is 0 Å². The van der Waals surface area contributed by atoms with Crippen LogP contribution in [-0.2, 0) is 16.2 Å². The average Bonchev–Trinajstić information content (AvgIpc) is 3.48. The van der Waals surface area contributed by atoms with Crippen LogP contribution in [0.1, 0.15) is 37.3 Å². The first-order valence-corrected chi connectivity index (χ1v) is 13.5. The molecule has 2 aromatic heterocycles. The molecule has 2 aromatic carbocycles. The Morgan fingerprint density at radius 3 is 2.32 bits per heavy atom. The van der Waals surface area contributed by atoms with Gasteiger partial charge in [-0.05, 0) is 37.1 Å². The van der Waals surface area contributed by atoms with Gasteiger partial charge in [-0.2, -0.15) is 18.3 Å². The predicted octanol–water partition coefficient (Wildman–Crippen LogP) is 6.46. The molecule has 0 bridgehead atoms. The molecular formula is C23H18Cl2F4N6O2S. The van der Waals surface area contributed by atoms with E-state index in [4.69, 9.17) is 28.9 Å². The summed E-state index contributed by atoms with van der Waals surface area (Å²) in [6, 6.07) is 4.59. The lowest BCUT2D eigenvalue weighted by Gasteiger charge is -2.14. The maximum atomic E-state index is 15.2. The third kappa shape index (κ3) is 4.74. The van der Waals surface area contributed by atoms with Crippen LogP contribution in [-0.4, -0.2) is 28.2 Å². The SMILES string of the molecule is Nc1ncnc2c1c(-c1ccc(NS(=O)(=O)c3c(Cl)cc(C(F)(F)F)cc3Cl)c(F)c1)nn2C1CCCC1. The fourth-order valence-electron chi connectivity index (χ4n) is 4.52. The Hall–Kier alpha value is -3.16. The van der Waals surface area contributed by atoms with Crippen molar-refractivity contribution in [1.82, 2.24) is 19.7 Å². The number of aromatic nitrogens is 4. The first-order valence-electron chi connectivity index (χ1n) is 11.2. The number of halogens is 6. The molecule has 0 spiro atoms. The molecule has 1 aliphatic rings. The minimum absolute atomic E-state index is 0.106.